The lowest BCUT2D eigenvalue weighted by Crippen LogP contribution is -2.51. The van der Waals surface area contributed by atoms with Gasteiger partial charge in [0.2, 0.25) is 0 Å². The molecule has 0 aromatic heterocycles. The SMILES string of the molecule is CC(C)CC1N=C(CCN(C)C)NNC1=O. The van der Waals surface area contributed by atoms with Crippen LogP contribution >= 0.6 is 0 Å². The average molecular weight is 226 g/mol. The molecule has 92 valence electrons. The number of hydrogen-bond acceptors (Lipinski definition) is 4. The smallest absolute Gasteiger partial charge is 0.263 e. The van der Waals surface area contributed by atoms with E-state index in [4.69, 9.17) is 0 Å². The lowest BCUT2D eigenvalue weighted by molar-refractivity contribution is -0.123. The van der Waals surface area contributed by atoms with Crippen LogP contribution in [0.3, 0.4) is 0 Å². The number of nitrogens with zero attached hydrogens (tertiary/aromatic N) is 2. The summed E-state index contributed by atoms with van der Waals surface area (Å²) in [6.07, 6.45) is 1.64. The second-order valence-electron chi connectivity index (χ2n) is 4.89. The summed E-state index contributed by atoms with van der Waals surface area (Å²) in [6.45, 7) is 5.13. The third kappa shape index (κ3) is 4.18. The number of hydrogen-bond donors (Lipinski definition) is 2. The summed E-state index contributed by atoms with van der Waals surface area (Å²) < 4.78 is 0. The minimum Gasteiger partial charge on any atom is -0.309 e. The summed E-state index contributed by atoms with van der Waals surface area (Å²) in [5.41, 5.74) is 5.52. The molecule has 0 spiro atoms. The number of amidine groups is 1. The summed E-state index contributed by atoms with van der Waals surface area (Å²) in [4.78, 5) is 18.1. The zero-order valence-corrected chi connectivity index (χ0v) is 10.6. The van der Waals surface area contributed by atoms with E-state index < -0.39 is 0 Å². The van der Waals surface area contributed by atoms with E-state index in [0.717, 1.165) is 25.2 Å². The van der Waals surface area contributed by atoms with Gasteiger partial charge in [0.1, 0.15) is 11.9 Å². The van der Waals surface area contributed by atoms with Crippen LogP contribution in [0.4, 0.5) is 0 Å². The predicted octanol–water partition coefficient (Wildman–Crippen LogP) is 0.386. The molecule has 2 N–H and O–H groups in total. The van der Waals surface area contributed by atoms with E-state index in [-0.39, 0.29) is 11.9 Å². The van der Waals surface area contributed by atoms with Crippen molar-refractivity contribution >= 4 is 11.7 Å². The molecule has 1 aliphatic heterocycles. The average Bonchev–Trinajstić information content (AvgIpc) is 2.18. The first kappa shape index (κ1) is 13.0. The van der Waals surface area contributed by atoms with E-state index in [1.807, 2.05) is 14.1 Å². The predicted molar refractivity (Wildman–Crippen MR) is 65.1 cm³/mol. The first-order valence-electron chi connectivity index (χ1n) is 5.76. The van der Waals surface area contributed by atoms with Gasteiger partial charge in [-0.05, 0) is 26.4 Å². The zero-order chi connectivity index (χ0) is 12.1. The van der Waals surface area contributed by atoms with Crippen LogP contribution in [0.15, 0.2) is 4.99 Å². The fourth-order valence-corrected chi connectivity index (χ4v) is 1.56. The number of hydrazine groups is 1. The maximum Gasteiger partial charge on any atom is 0.263 e. The molecular weight excluding hydrogens is 204 g/mol. The molecule has 0 fully saturated rings. The van der Waals surface area contributed by atoms with Gasteiger partial charge in [-0.1, -0.05) is 13.8 Å². The molecule has 0 aliphatic carbocycles. The summed E-state index contributed by atoms with van der Waals surface area (Å²) in [7, 11) is 4.04. The highest BCUT2D eigenvalue weighted by atomic mass is 16.2. The normalized spacial score (nSPS) is 20.8. The maximum atomic E-state index is 11.5. The Balaban J connectivity index is 2.54. The third-order valence-corrected chi connectivity index (χ3v) is 2.43. The highest BCUT2D eigenvalue weighted by Gasteiger charge is 2.23. The van der Waals surface area contributed by atoms with Crippen molar-refractivity contribution in [3.63, 3.8) is 0 Å². The van der Waals surface area contributed by atoms with Gasteiger partial charge in [0.25, 0.3) is 5.91 Å². The standard InChI is InChI=1S/C11H22N4O/c1-8(2)7-9-11(16)14-13-10(12-9)5-6-15(3)4/h8-9H,5-7H2,1-4H3,(H,12,13)(H,14,16). The third-order valence-electron chi connectivity index (χ3n) is 2.43. The molecule has 0 saturated heterocycles. The number of carbonyl (C=O) groups is 1. The van der Waals surface area contributed by atoms with Crippen LogP contribution in [-0.4, -0.2) is 43.3 Å². The van der Waals surface area contributed by atoms with E-state index in [9.17, 15) is 4.79 Å². The van der Waals surface area contributed by atoms with Crippen molar-refractivity contribution in [2.45, 2.75) is 32.7 Å². The Morgan fingerprint density at radius 1 is 1.38 bits per heavy atom. The van der Waals surface area contributed by atoms with E-state index in [1.165, 1.54) is 0 Å². The van der Waals surface area contributed by atoms with Crippen molar-refractivity contribution in [2.75, 3.05) is 20.6 Å². The molecule has 5 heteroatoms. The molecule has 1 heterocycles. The van der Waals surface area contributed by atoms with Gasteiger partial charge >= 0.3 is 0 Å². The molecule has 1 unspecified atom stereocenters. The molecule has 16 heavy (non-hydrogen) atoms. The number of amides is 1. The van der Waals surface area contributed by atoms with Gasteiger partial charge in [-0.2, -0.15) is 0 Å². The van der Waals surface area contributed by atoms with Crippen LogP contribution < -0.4 is 10.9 Å². The first-order valence-corrected chi connectivity index (χ1v) is 5.76. The van der Waals surface area contributed by atoms with Crippen LogP contribution in [-0.2, 0) is 4.79 Å². The Bertz CT molecular complexity index is 273. The minimum absolute atomic E-state index is 0.0256. The summed E-state index contributed by atoms with van der Waals surface area (Å²) in [6, 6.07) is -0.224. The van der Waals surface area contributed by atoms with Crippen LogP contribution in [0.2, 0.25) is 0 Å². The van der Waals surface area contributed by atoms with Gasteiger partial charge in [-0.25, -0.2) is 0 Å². The second kappa shape index (κ2) is 5.84. The second-order valence-corrected chi connectivity index (χ2v) is 4.89. The van der Waals surface area contributed by atoms with Crippen molar-refractivity contribution in [3.8, 4) is 0 Å². The summed E-state index contributed by atoms with van der Waals surface area (Å²) >= 11 is 0. The van der Waals surface area contributed by atoms with Gasteiger partial charge in [0.15, 0.2) is 0 Å². The molecule has 1 atom stereocenters. The van der Waals surface area contributed by atoms with Crippen LogP contribution in [0.25, 0.3) is 0 Å². The molecule has 0 aromatic rings. The number of rotatable bonds is 5. The Labute approximate surface area is 97.3 Å². The summed E-state index contributed by atoms with van der Waals surface area (Å²) in [5.74, 6) is 1.33. The zero-order valence-electron chi connectivity index (χ0n) is 10.6. The highest BCUT2D eigenvalue weighted by molar-refractivity contribution is 5.93. The van der Waals surface area contributed by atoms with Crippen molar-refractivity contribution in [1.29, 1.82) is 0 Å². The Hall–Kier alpha value is -1.10. The van der Waals surface area contributed by atoms with Gasteiger partial charge in [-0.3, -0.25) is 20.6 Å². The Morgan fingerprint density at radius 3 is 2.62 bits per heavy atom. The molecule has 0 saturated carbocycles. The Morgan fingerprint density at radius 2 is 2.06 bits per heavy atom. The molecule has 5 nitrogen and oxygen atoms in total. The first-order chi connectivity index (χ1) is 7.49. The topological polar surface area (TPSA) is 56.7 Å². The van der Waals surface area contributed by atoms with Crippen molar-refractivity contribution in [1.82, 2.24) is 15.8 Å². The van der Waals surface area contributed by atoms with Crippen molar-refractivity contribution < 1.29 is 4.79 Å². The number of nitrogens with one attached hydrogen (secondary N) is 2. The fourth-order valence-electron chi connectivity index (χ4n) is 1.56. The van der Waals surface area contributed by atoms with Gasteiger partial charge in [0, 0.05) is 13.0 Å². The number of aliphatic imine (C=N–C) groups is 1. The van der Waals surface area contributed by atoms with E-state index >= 15 is 0 Å². The molecule has 1 amide bonds. The van der Waals surface area contributed by atoms with E-state index in [2.05, 4.69) is 34.6 Å². The van der Waals surface area contributed by atoms with Crippen molar-refractivity contribution in [2.24, 2.45) is 10.9 Å². The van der Waals surface area contributed by atoms with Crippen molar-refractivity contribution in [3.05, 3.63) is 0 Å². The summed E-state index contributed by atoms with van der Waals surface area (Å²) in [5, 5.41) is 0. The van der Waals surface area contributed by atoms with E-state index in [1.54, 1.807) is 0 Å². The number of carbonyl (C=O) groups excluding carboxylic acids is 1. The molecule has 0 aromatic carbocycles. The molecule has 0 bridgehead atoms. The minimum atomic E-state index is -0.224. The van der Waals surface area contributed by atoms with Crippen LogP contribution in [0.1, 0.15) is 26.7 Å². The van der Waals surface area contributed by atoms with Crippen LogP contribution in [0, 0.1) is 5.92 Å². The van der Waals surface area contributed by atoms with Gasteiger partial charge in [-0.15, -0.1) is 0 Å². The largest absolute Gasteiger partial charge is 0.309 e. The maximum absolute atomic E-state index is 11.5. The van der Waals surface area contributed by atoms with Gasteiger partial charge in [0.05, 0.1) is 0 Å². The molecule has 0 radical (unpaired) electrons. The lowest BCUT2D eigenvalue weighted by Gasteiger charge is -2.24. The van der Waals surface area contributed by atoms with Gasteiger partial charge < -0.3 is 4.90 Å². The molecule has 1 aliphatic rings. The lowest BCUT2D eigenvalue weighted by atomic mass is 10.0. The monoisotopic (exact) mass is 226 g/mol. The van der Waals surface area contributed by atoms with E-state index in [0.29, 0.717) is 5.92 Å². The molecule has 1 rings (SSSR count). The fraction of sp³-hybridized carbons (Fsp3) is 0.818. The highest BCUT2D eigenvalue weighted by Crippen LogP contribution is 2.10. The quantitative estimate of drug-likeness (QED) is 0.713. The molecular formula is C11H22N4O. The van der Waals surface area contributed by atoms with Crippen LogP contribution in [0.5, 0.6) is 0 Å². The Kier molecular flexibility index (Phi) is 4.73.